The van der Waals surface area contributed by atoms with Gasteiger partial charge in [0.25, 0.3) is 0 Å². The average molecular weight is 254 g/mol. The molecule has 1 aliphatic carbocycles. The fourth-order valence-corrected chi connectivity index (χ4v) is 2.89. The highest BCUT2D eigenvalue weighted by Crippen LogP contribution is 2.29. The summed E-state index contributed by atoms with van der Waals surface area (Å²) >= 11 is 0. The first kappa shape index (κ1) is 14.3. The van der Waals surface area contributed by atoms with E-state index >= 15 is 0 Å². The molecule has 3 heteroatoms. The number of hydrogen-bond acceptors (Lipinski definition) is 3. The second-order valence-corrected chi connectivity index (χ2v) is 6.43. The van der Waals surface area contributed by atoms with E-state index in [0.29, 0.717) is 6.04 Å². The van der Waals surface area contributed by atoms with Crippen molar-refractivity contribution in [2.24, 2.45) is 11.8 Å². The molecule has 2 rings (SSSR count). The van der Waals surface area contributed by atoms with E-state index in [-0.39, 0.29) is 0 Å². The lowest BCUT2D eigenvalue weighted by Crippen LogP contribution is -2.45. The maximum Gasteiger partial charge on any atom is 0.0510 e. The van der Waals surface area contributed by atoms with E-state index in [4.69, 9.17) is 4.74 Å². The van der Waals surface area contributed by atoms with Crippen LogP contribution in [-0.4, -0.2) is 50.3 Å². The van der Waals surface area contributed by atoms with Crippen molar-refractivity contribution >= 4 is 0 Å². The van der Waals surface area contributed by atoms with Crippen LogP contribution in [0.5, 0.6) is 0 Å². The number of rotatable bonds is 8. The Morgan fingerprint density at radius 2 is 2.06 bits per heavy atom. The summed E-state index contributed by atoms with van der Waals surface area (Å²) in [5.41, 5.74) is 0. The molecule has 18 heavy (non-hydrogen) atoms. The van der Waals surface area contributed by atoms with Crippen molar-refractivity contribution in [3.05, 3.63) is 0 Å². The van der Waals surface area contributed by atoms with Crippen LogP contribution in [-0.2, 0) is 4.74 Å². The second kappa shape index (κ2) is 6.88. The predicted octanol–water partition coefficient (Wildman–Crippen LogP) is 2.12. The molecule has 3 nitrogen and oxygen atoms in total. The molecule has 106 valence electrons. The van der Waals surface area contributed by atoms with Crippen LogP contribution in [0.15, 0.2) is 0 Å². The van der Waals surface area contributed by atoms with Gasteiger partial charge >= 0.3 is 0 Å². The molecule has 2 atom stereocenters. The van der Waals surface area contributed by atoms with E-state index in [0.717, 1.165) is 31.1 Å². The zero-order chi connectivity index (χ0) is 13.0. The van der Waals surface area contributed by atoms with Gasteiger partial charge in [0, 0.05) is 31.2 Å². The SMILES string of the molecule is CNC(CN(CCC(C)C)C1CC1)C1CCOC1. The molecule has 2 aliphatic rings. The normalized spacial score (nSPS) is 26.2. The highest BCUT2D eigenvalue weighted by Gasteiger charge is 2.33. The van der Waals surface area contributed by atoms with E-state index < -0.39 is 0 Å². The summed E-state index contributed by atoms with van der Waals surface area (Å²) in [4.78, 5) is 2.72. The Bertz CT molecular complexity index is 235. The molecule has 0 amide bonds. The molecule has 1 N–H and O–H groups in total. The van der Waals surface area contributed by atoms with E-state index in [9.17, 15) is 0 Å². The summed E-state index contributed by atoms with van der Waals surface area (Å²) in [6.07, 6.45) is 5.38. The first-order valence-electron chi connectivity index (χ1n) is 7.69. The summed E-state index contributed by atoms with van der Waals surface area (Å²) < 4.78 is 5.54. The van der Waals surface area contributed by atoms with Crippen LogP contribution in [0, 0.1) is 11.8 Å². The summed E-state index contributed by atoms with van der Waals surface area (Å²) in [7, 11) is 2.11. The van der Waals surface area contributed by atoms with Crippen molar-refractivity contribution in [1.29, 1.82) is 0 Å². The minimum atomic E-state index is 0.611. The fraction of sp³-hybridized carbons (Fsp3) is 1.00. The largest absolute Gasteiger partial charge is 0.381 e. The Morgan fingerprint density at radius 1 is 1.28 bits per heavy atom. The molecule has 0 aromatic rings. The zero-order valence-corrected chi connectivity index (χ0v) is 12.3. The van der Waals surface area contributed by atoms with Crippen molar-refractivity contribution in [1.82, 2.24) is 10.2 Å². The van der Waals surface area contributed by atoms with Crippen LogP contribution in [0.25, 0.3) is 0 Å². The monoisotopic (exact) mass is 254 g/mol. The smallest absolute Gasteiger partial charge is 0.0510 e. The Labute approximate surface area is 112 Å². The maximum atomic E-state index is 5.54. The number of nitrogens with zero attached hydrogens (tertiary/aromatic N) is 1. The third-order valence-corrected chi connectivity index (χ3v) is 4.39. The zero-order valence-electron chi connectivity index (χ0n) is 12.3. The third kappa shape index (κ3) is 4.22. The third-order valence-electron chi connectivity index (χ3n) is 4.39. The summed E-state index contributed by atoms with van der Waals surface area (Å²) in [6.45, 7) is 9.04. The summed E-state index contributed by atoms with van der Waals surface area (Å²) in [5, 5.41) is 3.52. The lowest BCUT2D eigenvalue weighted by molar-refractivity contribution is 0.158. The van der Waals surface area contributed by atoms with Crippen molar-refractivity contribution in [2.45, 2.75) is 51.6 Å². The van der Waals surface area contributed by atoms with Gasteiger partial charge in [0.1, 0.15) is 0 Å². The average Bonchev–Trinajstić information content (AvgIpc) is 3.04. The van der Waals surface area contributed by atoms with E-state index in [1.807, 2.05) is 0 Å². The molecule has 2 fully saturated rings. The Morgan fingerprint density at radius 3 is 2.56 bits per heavy atom. The van der Waals surface area contributed by atoms with Crippen LogP contribution in [0.1, 0.15) is 39.5 Å². The first-order chi connectivity index (χ1) is 8.70. The number of hydrogen-bond donors (Lipinski definition) is 1. The summed E-state index contributed by atoms with van der Waals surface area (Å²) in [5.74, 6) is 1.53. The maximum absolute atomic E-state index is 5.54. The topological polar surface area (TPSA) is 24.5 Å². The Balaban J connectivity index is 1.81. The van der Waals surface area contributed by atoms with Crippen LogP contribution in [0.4, 0.5) is 0 Å². The predicted molar refractivity (Wildman–Crippen MR) is 75.8 cm³/mol. The minimum Gasteiger partial charge on any atom is -0.381 e. The quantitative estimate of drug-likeness (QED) is 0.718. The van der Waals surface area contributed by atoms with Crippen molar-refractivity contribution in [3.63, 3.8) is 0 Å². The van der Waals surface area contributed by atoms with E-state index in [1.54, 1.807) is 0 Å². The van der Waals surface area contributed by atoms with Gasteiger partial charge in [-0.05, 0) is 45.2 Å². The molecule has 0 spiro atoms. The molecule has 0 aromatic carbocycles. The van der Waals surface area contributed by atoms with Gasteiger partial charge in [-0.1, -0.05) is 13.8 Å². The Kier molecular flexibility index (Phi) is 5.46. The fourth-order valence-electron chi connectivity index (χ4n) is 2.89. The highest BCUT2D eigenvalue weighted by molar-refractivity contribution is 4.89. The highest BCUT2D eigenvalue weighted by atomic mass is 16.5. The van der Waals surface area contributed by atoms with Crippen LogP contribution < -0.4 is 5.32 Å². The first-order valence-corrected chi connectivity index (χ1v) is 7.69. The van der Waals surface area contributed by atoms with Crippen molar-refractivity contribution in [2.75, 3.05) is 33.4 Å². The minimum absolute atomic E-state index is 0.611. The number of ether oxygens (including phenoxy) is 1. The van der Waals surface area contributed by atoms with Gasteiger partial charge in [-0.2, -0.15) is 0 Å². The van der Waals surface area contributed by atoms with Gasteiger partial charge < -0.3 is 10.1 Å². The summed E-state index contributed by atoms with van der Waals surface area (Å²) in [6, 6.07) is 1.49. The van der Waals surface area contributed by atoms with Gasteiger partial charge in [0.05, 0.1) is 6.61 Å². The molecule has 0 radical (unpaired) electrons. The van der Waals surface area contributed by atoms with Crippen molar-refractivity contribution in [3.8, 4) is 0 Å². The van der Waals surface area contributed by atoms with Gasteiger partial charge in [-0.25, -0.2) is 0 Å². The molecule has 2 unspecified atom stereocenters. The molecular formula is C15H30N2O. The van der Waals surface area contributed by atoms with E-state index in [2.05, 4.69) is 31.1 Å². The van der Waals surface area contributed by atoms with Gasteiger partial charge in [0.15, 0.2) is 0 Å². The van der Waals surface area contributed by atoms with Crippen molar-refractivity contribution < 1.29 is 4.74 Å². The molecule has 0 aromatic heterocycles. The van der Waals surface area contributed by atoms with Crippen LogP contribution in [0.3, 0.4) is 0 Å². The van der Waals surface area contributed by atoms with Crippen LogP contribution >= 0.6 is 0 Å². The molecule has 1 heterocycles. The number of likely N-dealkylation sites (N-methyl/N-ethyl adjacent to an activating group) is 1. The lowest BCUT2D eigenvalue weighted by Gasteiger charge is -2.30. The standard InChI is InChI=1S/C15H30N2O/c1-12(2)6-8-17(14-4-5-14)10-15(16-3)13-7-9-18-11-13/h12-16H,4-11H2,1-3H3. The van der Waals surface area contributed by atoms with Crippen LogP contribution in [0.2, 0.25) is 0 Å². The Hall–Kier alpha value is -0.120. The molecule has 1 saturated heterocycles. The number of nitrogens with one attached hydrogen (secondary N) is 1. The molecule has 1 saturated carbocycles. The van der Waals surface area contributed by atoms with Gasteiger partial charge in [-0.3, -0.25) is 4.90 Å². The lowest BCUT2D eigenvalue weighted by atomic mass is 9.98. The van der Waals surface area contributed by atoms with Gasteiger partial charge in [-0.15, -0.1) is 0 Å². The molecule has 1 aliphatic heterocycles. The van der Waals surface area contributed by atoms with E-state index in [1.165, 1.54) is 38.8 Å². The molecular weight excluding hydrogens is 224 g/mol. The van der Waals surface area contributed by atoms with Gasteiger partial charge in [0.2, 0.25) is 0 Å². The second-order valence-electron chi connectivity index (χ2n) is 6.43. The molecule has 0 bridgehead atoms.